The molecule has 1 amide bonds. The lowest BCUT2D eigenvalue weighted by Gasteiger charge is -2.25. The summed E-state index contributed by atoms with van der Waals surface area (Å²) in [5.74, 6) is -0.113. The maximum Gasteiger partial charge on any atom is 0.328 e. The Morgan fingerprint density at radius 1 is 1.23 bits per heavy atom. The highest BCUT2D eigenvalue weighted by Gasteiger charge is 2.26. The van der Waals surface area contributed by atoms with Crippen LogP contribution in [0.25, 0.3) is 0 Å². The van der Waals surface area contributed by atoms with Crippen LogP contribution in [0.3, 0.4) is 0 Å². The largest absolute Gasteiger partial charge is 0.467 e. The maximum absolute atomic E-state index is 12.3. The summed E-state index contributed by atoms with van der Waals surface area (Å²) < 4.78 is 5.76. The molecule has 0 aliphatic heterocycles. The summed E-state index contributed by atoms with van der Waals surface area (Å²) in [6, 6.07) is 6.51. The van der Waals surface area contributed by atoms with Gasteiger partial charge in [0, 0.05) is 10.0 Å². The Balaban J connectivity index is 2.00. The van der Waals surface area contributed by atoms with Gasteiger partial charge in [0.15, 0.2) is 0 Å². The van der Waals surface area contributed by atoms with Crippen LogP contribution < -0.4 is 5.32 Å². The van der Waals surface area contributed by atoms with Crippen LogP contribution in [0.2, 0.25) is 0 Å². The molecule has 1 fully saturated rings. The third kappa shape index (κ3) is 4.83. The fraction of sp³-hybridized carbons (Fsp3) is 0.529. The molecule has 1 atom stereocenters. The molecule has 0 saturated heterocycles. The van der Waals surface area contributed by atoms with Crippen LogP contribution in [-0.4, -0.2) is 25.0 Å². The van der Waals surface area contributed by atoms with Gasteiger partial charge in [-0.2, -0.15) is 0 Å². The summed E-state index contributed by atoms with van der Waals surface area (Å²) in [4.78, 5) is 24.3. The van der Waals surface area contributed by atoms with Gasteiger partial charge in [0.1, 0.15) is 6.04 Å². The predicted octanol–water partition coefficient (Wildman–Crippen LogP) is 3.69. The normalized spacial score (nSPS) is 16.8. The molecule has 120 valence electrons. The fourth-order valence-corrected chi connectivity index (χ4v) is 3.22. The standard InChI is InChI=1S/C17H22BrNO3/c1-22-17(21)15(11-12-5-3-2-4-6-12)19-16(20)13-7-9-14(18)10-8-13/h7-10,12,15H,2-6,11H2,1H3,(H,19,20)/t15-/m0/s1. The van der Waals surface area contributed by atoms with Crippen LogP contribution in [0, 0.1) is 5.92 Å². The zero-order chi connectivity index (χ0) is 15.9. The average Bonchev–Trinajstić information content (AvgIpc) is 2.55. The summed E-state index contributed by atoms with van der Waals surface area (Å²) in [6.07, 6.45) is 6.60. The summed E-state index contributed by atoms with van der Waals surface area (Å²) in [6.45, 7) is 0. The first-order valence-corrected chi connectivity index (χ1v) is 8.53. The van der Waals surface area contributed by atoms with Crippen LogP contribution >= 0.6 is 15.9 Å². The van der Waals surface area contributed by atoms with E-state index < -0.39 is 6.04 Å². The quantitative estimate of drug-likeness (QED) is 0.807. The van der Waals surface area contributed by atoms with E-state index in [-0.39, 0.29) is 11.9 Å². The van der Waals surface area contributed by atoms with Gasteiger partial charge in [-0.25, -0.2) is 4.79 Å². The number of ether oxygens (including phenoxy) is 1. The molecular weight excluding hydrogens is 346 g/mol. The van der Waals surface area contributed by atoms with Crippen molar-refractivity contribution in [1.82, 2.24) is 5.32 Å². The Labute approximate surface area is 139 Å². The average molecular weight is 368 g/mol. The van der Waals surface area contributed by atoms with Crippen molar-refractivity contribution < 1.29 is 14.3 Å². The minimum absolute atomic E-state index is 0.237. The van der Waals surface area contributed by atoms with Crippen LogP contribution in [0.1, 0.15) is 48.9 Å². The Morgan fingerprint density at radius 3 is 2.45 bits per heavy atom. The van der Waals surface area contributed by atoms with Gasteiger partial charge in [0.2, 0.25) is 0 Å². The number of amides is 1. The van der Waals surface area contributed by atoms with Crippen molar-refractivity contribution in [1.29, 1.82) is 0 Å². The molecule has 22 heavy (non-hydrogen) atoms. The fourth-order valence-electron chi connectivity index (χ4n) is 2.96. The third-order valence-electron chi connectivity index (χ3n) is 4.19. The lowest BCUT2D eigenvalue weighted by atomic mass is 9.85. The molecule has 2 rings (SSSR count). The second-order valence-electron chi connectivity index (χ2n) is 5.80. The molecular formula is C17H22BrNO3. The Bertz CT molecular complexity index is 509. The zero-order valence-corrected chi connectivity index (χ0v) is 14.4. The molecule has 0 bridgehead atoms. The molecule has 1 aliphatic carbocycles. The number of carbonyl (C=O) groups is 2. The molecule has 1 N–H and O–H groups in total. The highest BCUT2D eigenvalue weighted by molar-refractivity contribution is 9.10. The van der Waals surface area contributed by atoms with Crippen molar-refractivity contribution in [2.75, 3.05) is 7.11 Å². The zero-order valence-electron chi connectivity index (χ0n) is 12.8. The van der Waals surface area contributed by atoms with Crippen molar-refractivity contribution in [3.8, 4) is 0 Å². The lowest BCUT2D eigenvalue weighted by Crippen LogP contribution is -2.43. The van der Waals surface area contributed by atoms with E-state index in [1.165, 1.54) is 26.4 Å². The summed E-state index contributed by atoms with van der Waals surface area (Å²) in [7, 11) is 1.36. The molecule has 0 unspecified atom stereocenters. The lowest BCUT2D eigenvalue weighted by molar-refractivity contribution is -0.143. The van der Waals surface area contributed by atoms with Crippen LogP contribution in [0.15, 0.2) is 28.7 Å². The predicted molar refractivity (Wildman–Crippen MR) is 88.6 cm³/mol. The van der Waals surface area contributed by atoms with Crippen LogP contribution in [-0.2, 0) is 9.53 Å². The molecule has 5 heteroatoms. The minimum atomic E-state index is -0.566. The van der Waals surface area contributed by atoms with E-state index in [0.717, 1.165) is 17.3 Å². The van der Waals surface area contributed by atoms with E-state index in [4.69, 9.17) is 4.74 Å². The van der Waals surface area contributed by atoms with Gasteiger partial charge < -0.3 is 10.1 Å². The number of hydrogen-bond acceptors (Lipinski definition) is 3. The number of hydrogen-bond donors (Lipinski definition) is 1. The van der Waals surface area contributed by atoms with Crippen molar-refractivity contribution in [3.63, 3.8) is 0 Å². The monoisotopic (exact) mass is 367 g/mol. The van der Waals surface area contributed by atoms with Gasteiger partial charge in [0.05, 0.1) is 7.11 Å². The number of carbonyl (C=O) groups excluding carboxylic acids is 2. The molecule has 1 aromatic carbocycles. The molecule has 1 aromatic rings. The van der Waals surface area contributed by atoms with Crippen molar-refractivity contribution >= 4 is 27.8 Å². The van der Waals surface area contributed by atoms with Crippen molar-refractivity contribution in [2.45, 2.75) is 44.6 Å². The van der Waals surface area contributed by atoms with Gasteiger partial charge in [-0.3, -0.25) is 4.79 Å². The summed E-state index contributed by atoms with van der Waals surface area (Å²) in [5.41, 5.74) is 0.542. The van der Waals surface area contributed by atoms with Gasteiger partial charge in [-0.05, 0) is 36.6 Å². The van der Waals surface area contributed by atoms with Gasteiger partial charge in [-0.15, -0.1) is 0 Å². The molecule has 0 aromatic heterocycles. The number of benzene rings is 1. The smallest absolute Gasteiger partial charge is 0.328 e. The molecule has 0 heterocycles. The Hall–Kier alpha value is -1.36. The van der Waals surface area contributed by atoms with E-state index in [9.17, 15) is 9.59 Å². The SMILES string of the molecule is COC(=O)[C@H](CC1CCCCC1)NC(=O)c1ccc(Br)cc1. The van der Waals surface area contributed by atoms with E-state index in [2.05, 4.69) is 21.2 Å². The molecule has 0 radical (unpaired) electrons. The van der Waals surface area contributed by atoms with Gasteiger partial charge in [-0.1, -0.05) is 48.0 Å². The van der Waals surface area contributed by atoms with Gasteiger partial charge >= 0.3 is 5.97 Å². The summed E-state index contributed by atoms with van der Waals surface area (Å²) in [5, 5.41) is 2.82. The Morgan fingerprint density at radius 2 is 1.86 bits per heavy atom. The van der Waals surface area contributed by atoms with E-state index in [1.807, 2.05) is 12.1 Å². The Kier molecular flexibility index (Phi) is 6.43. The van der Waals surface area contributed by atoms with E-state index >= 15 is 0 Å². The van der Waals surface area contributed by atoms with Crippen molar-refractivity contribution in [3.05, 3.63) is 34.3 Å². The first-order valence-electron chi connectivity index (χ1n) is 7.74. The van der Waals surface area contributed by atoms with Crippen LogP contribution in [0.5, 0.6) is 0 Å². The number of rotatable bonds is 5. The molecule has 1 aliphatic rings. The van der Waals surface area contributed by atoms with Crippen molar-refractivity contribution in [2.24, 2.45) is 5.92 Å². The number of methoxy groups -OCH3 is 1. The molecule has 1 saturated carbocycles. The first-order chi connectivity index (χ1) is 10.6. The third-order valence-corrected chi connectivity index (χ3v) is 4.72. The highest BCUT2D eigenvalue weighted by atomic mass is 79.9. The number of esters is 1. The molecule has 0 spiro atoms. The molecule has 4 nitrogen and oxygen atoms in total. The summed E-state index contributed by atoms with van der Waals surface area (Å²) >= 11 is 3.34. The number of nitrogens with one attached hydrogen (secondary N) is 1. The van der Waals surface area contributed by atoms with Gasteiger partial charge in [0.25, 0.3) is 5.91 Å². The van der Waals surface area contributed by atoms with E-state index in [0.29, 0.717) is 17.9 Å². The minimum Gasteiger partial charge on any atom is -0.467 e. The van der Waals surface area contributed by atoms with E-state index in [1.54, 1.807) is 12.1 Å². The maximum atomic E-state index is 12.3. The second-order valence-corrected chi connectivity index (χ2v) is 6.71. The number of halogens is 1. The topological polar surface area (TPSA) is 55.4 Å². The second kappa shape index (κ2) is 8.32. The first kappa shape index (κ1) is 17.0. The highest BCUT2D eigenvalue weighted by Crippen LogP contribution is 2.27. The van der Waals surface area contributed by atoms with Crippen LogP contribution in [0.4, 0.5) is 0 Å².